The second-order valence-corrected chi connectivity index (χ2v) is 6.00. The Kier molecular flexibility index (Phi) is 7.29. The molecule has 104 valence electrons. The highest BCUT2D eigenvalue weighted by molar-refractivity contribution is 9.10. The first kappa shape index (κ1) is 16.0. The molecule has 18 heavy (non-hydrogen) atoms. The summed E-state index contributed by atoms with van der Waals surface area (Å²) in [5.74, 6) is 6.76. The van der Waals surface area contributed by atoms with Crippen molar-refractivity contribution in [2.45, 2.75) is 45.7 Å². The van der Waals surface area contributed by atoms with Crippen molar-refractivity contribution in [3.8, 4) is 0 Å². The Balaban J connectivity index is 2.83. The molecule has 3 N–H and O–H groups in total. The minimum absolute atomic E-state index is 0.306. The Hall–Kier alpha value is -0.0400. The number of hydrogen-bond donors (Lipinski definition) is 2. The first-order valence-electron chi connectivity index (χ1n) is 6.36. The van der Waals surface area contributed by atoms with E-state index in [2.05, 4.69) is 51.2 Å². The van der Waals surface area contributed by atoms with Crippen molar-refractivity contribution in [2.24, 2.45) is 5.84 Å². The average Bonchev–Trinajstić information content (AvgIpc) is 2.70. The van der Waals surface area contributed by atoms with Gasteiger partial charge in [0.15, 0.2) is 0 Å². The number of hydrazine groups is 1. The summed E-state index contributed by atoms with van der Waals surface area (Å²) in [5, 5.41) is 4.61. The van der Waals surface area contributed by atoms with Gasteiger partial charge < -0.3 is 0 Å². The molecule has 0 spiro atoms. The predicted molar refractivity (Wildman–Crippen MR) is 82.8 cm³/mol. The maximum absolute atomic E-state index is 5.64. The summed E-state index contributed by atoms with van der Waals surface area (Å²) in [6, 6.07) is 0.306. The van der Waals surface area contributed by atoms with E-state index in [1.54, 1.807) is 0 Å². The maximum atomic E-state index is 5.64. The minimum atomic E-state index is 0.306. The zero-order valence-electron chi connectivity index (χ0n) is 11.4. The number of aromatic nitrogens is 2. The van der Waals surface area contributed by atoms with E-state index in [1.807, 2.05) is 11.8 Å². The molecule has 1 rings (SSSR count). The summed E-state index contributed by atoms with van der Waals surface area (Å²) < 4.78 is 3.23. The second-order valence-electron chi connectivity index (χ2n) is 4.23. The molecule has 0 radical (unpaired) electrons. The lowest BCUT2D eigenvalue weighted by Crippen LogP contribution is -2.37. The molecule has 4 nitrogen and oxygen atoms in total. The van der Waals surface area contributed by atoms with E-state index >= 15 is 0 Å². The minimum Gasteiger partial charge on any atom is -0.271 e. The molecule has 0 bridgehead atoms. The van der Waals surface area contributed by atoms with E-state index in [-0.39, 0.29) is 0 Å². The van der Waals surface area contributed by atoms with Crippen LogP contribution in [0, 0.1) is 0 Å². The van der Waals surface area contributed by atoms with Gasteiger partial charge in [0.25, 0.3) is 0 Å². The van der Waals surface area contributed by atoms with Crippen LogP contribution < -0.4 is 11.3 Å². The Labute approximate surface area is 122 Å². The summed E-state index contributed by atoms with van der Waals surface area (Å²) in [4.78, 5) is 0. The van der Waals surface area contributed by atoms with Crippen LogP contribution in [-0.4, -0.2) is 27.8 Å². The number of nitrogens with two attached hydrogens (primary N) is 1. The molecule has 0 saturated heterocycles. The molecule has 1 atom stereocenters. The van der Waals surface area contributed by atoms with Crippen LogP contribution in [0.1, 0.15) is 31.7 Å². The molecule has 1 unspecified atom stereocenters. The Bertz CT molecular complexity index is 367. The van der Waals surface area contributed by atoms with Crippen molar-refractivity contribution in [1.29, 1.82) is 0 Å². The quantitative estimate of drug-likeness (QED) is 0.566. The fourth-order valence-corrected chi connectivity index (χ4v) is 3.20. The zero-order valence-corrected chi connectivity index (χ0v) is 13.8. The van der Waals surface area contributed by atoms with Crippen molar-refractivity contribution in [3.63, 3.8) is 0 Å². The Morgan fingerprint density at radius 3 is 2.72 bits per heavy atom. The third-order valence-electron chi connectivity index (χ3n) is 3.04. The fourth-order valence-electron chi connectivity index (χ4n) is 1.95. The standard InChI is InChI=1S/C12H23BrN4S/c1-4-10-12(13)11(17(5-2)16-10)8-9(15-14)6-7-18-3/h9,15H,4-8,14H2,1-3H3. The fraction of sp³-hybridized carbons (Fsp3) is 0.750. The van der Waals surface area contributed by atoms with Gasteiger partial charge in [0.05, 0.1) is 15.9 Å². The smallest absolute Gasteiger partial charge is 0.0766 e. The van der Waals surface area contributed by atoms with Gasteiger partial charge in [0.2, 0.25) is 0 Å². The highest BCUT2D eigenvalue weighted by Gasteiger charge is 2.17. The van der Waals surface area contributed by atoms with E-state index in [1.165, 1.54) is 5.69 Å². The van der Waals surface area contributed by atoms with Crippen molar-refractivity contribution in [2.75, 3.05) is 12.0 Å². The summed E-state index contributed by atoms with van der Waals surface area (Å²) in [6.45, 7) is 5.15. The van der Waals surface area contributed by atoms with E-state index in [0.717, 1.165) is 41.7 Å². The van der Waals surface area contributed by atoms with Crippen LogP contribution in [-0.2, 0) is 19.4 Å². The molecule has 1 heterocycles. The number of rotatable bonds is 8. The van der Waals surface area contributed by atoms with Crippen molar-refractivity contribution in [3.05, 3.63) is 15.9 Å². The van der Waals surface area contributed by atoms with E-state index in [0.29, 0.717) is 6.04 Å². The van der Waals surface area contributed by atoms with Crippen LogP contribution >= 0.6 is 27.7 Å². The number of nitrogens with one attached hydrogen (secondary N) is 1. The van der Waals surface area contributed by atoms with Crippen LogP contribution in [0.25, 0.3) is 0 Å². The maximum Gasteiger partial charge on any atom is 0.0766 e. The third-order valence-corrected chi connectivity index (χ3v) is 4.60. The normalized spacial score (nSPS) is 12.9. The van der Waals surface area contributed by atoms with Crippen molar-refractivity contribution >= 4 is 27.7 Å². The van der Waals surface area contributed by atoms with Gasteiger partial charge >= 0.3 is 0 Å². The van der Waals surface area contributed by atoms with Crippen LogP contribution in [0.2, 0.25) is 0 Å². The molecular weight excluding hydrogens is 312 g/mol. The number of hydrogen-bond acceptors (Lipinski definition) is 4. The predicted octanol–water partition coefficient (Wildman–Crippen LogP) is 2.36. The lowest BCUT2D eigenvalue weighted by atomic mass is 10.1. The van der Waals surface area contributed by atoms with Gasteiger partial charge in [-0.1, -0.05) is 6.92 Å². The molecular formula is C12H23BrN4S. The number of aryl methyl sites for hydroxylation is 2. The van der Waals surface area contributed by atoms with Crippen molar-refractivity contribution in [1.82, 2.24) is 15.2 Å². The van der Waals surface area contributed by atoms with Gasteiger partial charge in [0, 0.05) is 19.0 Å². The molecule has 1 aromatic heterocycles. The van der Waals surface area contributed by atoms with Crippen LogP contribution in [0.4, 0.5) is 0 Å². The molecule has 0 fully saturated rings. The number of nitrogens with zero attached hydrogens (tertiary/aromatic N) is 2. The van der Waals surface area contributed by atoms with Crippen LogP contribution in [0.5, 0.6) is 0 Å². The SMILES string of the molecule is CCc1nn(CC)c(CC(CCSC)NN)c1Br. The number of halogens is 1. The van der Waals surface area contributed by atoms with Crippen LogP contribution in [0.15, 0.2) is 4.47 Å². The first-order valence-corrected chi connectivity index (χ1v) is 8.55. The summed E-state index contributed by atoms with van der Waals surface area (Å²) >= 11 is 5.52. The summed E-state index contributed by atoms with van der Waals surface area (Å²) in [7, 11) is 0. The topological polar surface area (TPSA) is 55.9 Å². The molecule has 0 amide bonds. The highest BCUT2D eigenvalue weighted by atomic mass is 79.9. The third kappa shape index (κ3) is 3.98. The monoisotopic (exact) mass is 334 g/mol. The second kappa shape index (κ2) is 8.19. The largest absolute Gasteiger partial charge is 0.271 e. The van der Waals surface area contributed by atoms with Gasteiger partial charge in [-0.25, -0.2) is 0 Å². The molecule has 1 aromatic rings. The summed E-state index contributed by atoms with van der Waals surface area (Å²) in [6.07, 6.45) is 5.06. The highest BCUT2D eigenvalue weighted by Crippen LogP contribution is 2.24. The molecule has 6 heteroatoms. The Morgan fingerprint density at radius 2 is 2.22 bits per heavy atom. The zero-order chi connectivity index (χ0) is 13.5. The van der Waals surface area contributed by atoms with Gasteiger partial charge in [-0.2, -0.15) is 16.9 Å². The molecule has 0 aromatic carbocycles. The van der Waals surface area contributed by atoms with E-state index in [4.69, 9.17) is 5.84 Å². The number of thioether (sulfide) groups is 1. The van der Waals surface area contributed by atoms with Gasteiger partial charge in [-0.05, 0) is 47.7 Å². The molecule has 0 aliphatic carbocycles. The van der Waals surface area contributed by atoms with Gasteiger partial charge in [-0.15, -0.1) is 0 Å². The van der Waals surface area contributed by atoms with Crippen molar-refractivity contribution < 1.29 is 0 Å². The van der Waals surface area contributed by atoms with E-state index in [9.17, 15) is 0 Å². The Morgan fingerprint density at radius 1 is 1.50 bits per heavy atom. The lowest BCUT2D eigenvalue weighted by molar-refractivity contribution is 0.488. The average molecular weight is 335 g/mol. The van der Waals surface area contributed by atoms with Gasteiger partial charge in [0.1, 0.15) is 0 Å². The molecule has 0 aliphatic heterocycles. The molecule has 0 aliphatic rings. The van der Waals surface area contributed by atoms with Crippen LogP contribution in [0.3, 0.4) is 0 Å². The van der Waals surface area contributed by atoms with E-state index < -0.39 is 0 Å². The first-order chi connectivity index (χ1) is 8.67. The lowest BCUT2D eigenvalue weighted by Gasteiger charge is -2.16. The van der Waals surface area contributed by atoms with Gasteiger partial charge in [-0.3, -0.25) is 16.0 Å². The molecule has 0 saturated carbocycles. The summed E-state index contributed by atoms with van der Waals surface area (Å²) in [5.41, 5.74) is 5.30.